The van der Waals surface area contributed by atoms with Gasteiger partial charge in [-0.3, -0.25) is 9.69 Å². The van der Waals surface area contributed by atoms with Crippen LogP contribution in [-0.4, -0.2) is 29.6 Å². The second kappa shape index (κ2) is 8.33. The van der Waals surface area contributed by atoms with Crippen LogP contribution in [0.3, 0.4) is 0 Å². The minimum absolute atomic E-state index is 0.105. The Morgan fingerprint density at radius 3 is 2.27 bits per heavy atom. The highest BCUT2D eigenvalue weighted by Crippen LogP contribution is 2.19. The van der Waals surface area contributed by atoms with Gasteiger partial charge < -0.3 is 4.74 Å². The molecule has 0 amide bonds. The van der Waals surface area contributed by atoms with Gasteiger partial charge in [-0.1, -0.05) is 44.2 Å². The lowest BCUT2D eigenvalue weighted by molar-refractivity contribution is -0.155. The number of nitrogens with zero attached hydrogens (tertiary/aromatic N) is 1. The van der Waals surface area contributed by atoms with E-state index in [0.717, 1.165) is 13.0 Å². The van der Waals surface area contributed by atoms with Crippen molar-refractivity contribution in [1.82, 2.24) is 4.90 Å². The average Bonchev–Trinajstić information content (AvgIpc) is 2.37. The molecular weight excluding hydrogens is 274 g/mol. The van der Waals surface area contributed by atoms with Crippen molar-refractivity contribution in [3.63, 3.8) is 0 Å². The summed E-state index contributed by atoms with van der Waals surface area (Å²) in [6.07, 6.45) is 1.30. The van der Waals surface area contributed by atoms with Gasteiger partial charge in [0.25, 0.3) is 0 Å². The van der Waals surface area contributed by atoms with Crippen LogP contribution in [0.25, 0.3) is 0 Å². The molecule has 1 aromatic carbocycles. The highest BCUT2D eigenvalue weighted by molar-refractivity contribution is 5.69. The lowest BCUT2D eigenvalue weighted by atomic mass is 9.97. The summed E-state index contributed by atoms with van der Waals surface area (Å²) in [6.45, 7) is 11.0. The first-order valence-electron chi connectivity index (χ1n) is 8.15. The van der Waals surface area contributed by atoms with Crippen LogP contribution in [0.15, 0.2) is 30.3 Å². The van der Waals surface area contributed by atoms with Gasteiger partial charge in [0.1, 0.15) is 5.60 Å². The third kappa shape index (κ3) is 7.08. The molecule has 0 N–H and O–H groups in total. The van der Waals surface area contributed by atoms with Crippen LogP contribution in [0.1, 0.15) is 53.0 Å². The third-order valence-corrected chi connectivity index (χ3v) is 3.67. The Balaban J connectivity index is 2.56. The summed E-state index contributed by atoms with van der Waals surface area (Å²) in [5, 5.41) is 0. The first-order valence-corrected chi connectivity index (χ1v) is 8.15. The van der Waals surface area contributed by atoms with Gasteiger partial charge in [0, 0.05) is 19.0 Å². The second-order valence-electron chi connectivity index (χ2n) is 7.34. The second-order valence-corrected chi connectivity index (χ2v) is 7.34. The van der Waals surface area contributed by atoms with Crippen molar-refractivity contribution < 1.29 is 9.53 Å². The quantitative estimate of drug-likeness (QED) is 0.705. The van der Waals surface area contributed by atoms with Crippen LogP contribution in [0.5, 0.6) is 0 Å². The molecule has 1 aromatic rings. The summed E-state index contributed by atoms with van der Waals surface area (Å²) in [7, 11) is 2.13. The number of ether oxygens (including phenoxy) is 1. The molecule has 22 heavy (non-hydrogen) atoms. The topological polar surface area (TPSA) is 29.5 Å². The maximum Gasteiger partial charge on any atom is 0.306 e. The van der Waals surface area contributed by atoms with E-state index >= 15 is 0 Å². The number of hydrogen-bond acceptors (Lipinski definition) is 3. The van der Waals surface area contributed by atoms with E-state index in [-0.39, 0.29) is 5.97 Å². The Labute approximate surface area is 135 Å². The SMILES string of the molecule is CC(C)[C@@H](CCC(=O)OC(C)(C)C)N(C)Cc1ccccc1. The molecule has 3 heteroatoms. The Bertz CT molecular complexity index is 448. The molecular formula is C19H31NO2. The van der Waals surface area contributed by atoms with Crippen LogP contribution in [-0.2, 0) is 16.1 Å². The van der Waals surface area contributed by atoms with Crippen molar-refractivity contribution in [2.75, 3.05) is 7.05 Å². The largest absolute Gasteiger partial charge is 0.460 e. The van der Waals surface area contributed by atoms with Gasteiger partial charge in [-0.05, 0) is 45.7 Å². The molecule has 124 valence electrons. The Morgan fingerprint density at radius 2 is 1.77 bits per heavy atom. The van der Waals surface area contributed by atoms with E-state index in [2.05, 4.69) is 50.1 Å². The molecule has 0 spiro atoms. The monoisotopic (exact) mass is 305 g/mol. The fourth-order valence-electron chi connectivity index (χ4n) is 2.71. The maximum absolute atomic E-state index is 11.9. The number of carbonyl (C=O) groups is 1. The Morgan fingerprint density at radius 1 is 1.18 bits per heavy atom. The smallest absolute Gasteiger partial charge is 0.306 e. The van der Waals surface area contributed by atoms with Gasteiger partial charge in [-0.25, -0.2) is 0 Å². The predicted octanol–water partition coefficient (Wildman–Crippen LogP) is 4.26. The molecule has 0 aliphatic carbocycles. The van der Waals surface area contributed by atoms with Crippen molar-refractivity contribution in [2.45, 2.75) is 65.6 Å². The molecule has 0 bridgehead atoms. The molecule has 0 aliphatic rings. The van der Waals surface area contributed by atoms with E-state index in [1.165, 1.54) is 5.56 Å². The fourth-order valence-corrected chi connectivity index (χ4v) is 2.71. The first kappa shape index (κ1) is 18.7. The van der Waals surface area contributed by atoms with Crippen molar-refractivity contribution in [2.24, 2.45) is 5.92 Å². The van der Waals surface area contributed by atoms with Gasteiger partial charge in [-0.15, -0.1) is 0 Å². The summed E-state index contributed by atoms with van der Waals surface area (Å²) in [6, 6.07) is 10.8. The van der Waals surface area contributed by atoms with Gasteiger partial charge >= 0.3 is 5.97 Å². The average molecular weight is 305 g/mol. The van der Waals surface area contributed by atoms with Crippen molar-refractivity contribution in [3.05, 3.63) is 35.9 Å². The van der Waals surface area contributed by atoms with Gasteiger partial charge in [-0.2, -0.15) is 0 Å². The normalized spacial score (nSPS) is 13.5. The minimum atomic E-state index is -0.402. The molecule has 1 atom stereocenters. The Kier molecular flexibility index (Phi) is 7.08. The summed E-state index contributed by atoms with van der Waals surface area (Å²) >= 11 is 0. The molecule has 0 unspecified atom stereocenters. The van der Waals surface area contributed by atoms with Crippen LogP contribution in [0.4, 0.5) is 0 Å². The zero-order chi connectivity index (χ0) is 16.8. The van der Waals surface area contributed by atoms with Crippen molar-refractivity contribution in [1.29, 1.82) is 0 Å². The molecule has 3 nitrogen and oxygen atoms in total. The zero-order valence-electron chi connectivity index (χ0n) is 14.9. The van der Waals surface area contributed by atoms with Crippen molar-refractivity contribution >= 4 is 5.97 Å². The van der Waals surface area contributed by atoms with E-state index in [4.69, 9.17) is 4.74 Å². The minimum Gasteiger partial charge on any atom is -0.460 e. The molecule has 0 saturated heterocycles. The molecule has 0 heterocycles. The fraction of sp³-hybridized carbons (Fsp3) is 0.632. The van der Waals surface area contributed by atoms with E-state index in [0.29, 0.717) is 18.4 Å². The first-order chi connectivity index (χ1) is 10.2. The highest BCUT2D eigenvalue weighted by Gasteiger charge is 2.22. The van der Waals surface area contributed by atoms with Gasteiger partial charge in [0.15, 0.2) is 0 Å². The summed E-state index contributed by atoms with van der Waals surface area (Å²) in [5.41, 5.74) is 0.897. The summed E-state index contributed by atoms with van der Waals surface area (Å²) < 4.78 is 5.41. The standard InChI is InChI=1S/C19H31NO2/c1-15(2)17(12-13-18(21)22-19(3,4)5)20(6)14-16-10-8-7-9-11-16/h7-11,15,17H,12-14H2,1-6H3/t17-/m1/s1. The van der Waals surface area contributed by atoms with E-state index < -0.39 is 5.60 Å². The maximum atomic E-state index is 11.9. The van der Waals surface area contributed by atoms with E-state index in [9.17, 15) is 4.79 Å². The molecule has 0 aliphatic heterocycles. The Hall–Kier alpha value is -1.35. The van der Waals surface area contributed by atoms with Crippen LogP contribution in [0.2, 0.25) is 0 Å². The number of esters is 1. The molecule has 0 aromatic heterocycles. The third-order valence-electron chi connectivity index (χ3n) is 3.67. The molecule has 0 radical (unpaired) electrons. The van der Waals surface area contributed by atoms with Crippen LogP contribution in [0, 0.1) is 5.92 Å². The number of benzene rings is 1. The summed E-state index contributed by atoms with van der Waals surface area (Å²) in [5.74, 6) is 0.391. The van der Waals surface area contributed by atoms with Crippen molar-refractivity contribution in [3.8, 4) is 0 Å². The highest BCUT2D eigenvalue weighted by atomic mass is 16.6. The molecule has 0 fully saturated rings. The van der Waals surface area contributed by atoms with E-state index in [1.54, 1.807) is 0 Å². The molecule has 1 rings (SSSR count). The lowest BCUT2D eigenvalue weighted by Crippen LogP contribution is -2.36. The van der Waals surface area contributed by atoms with E-state index in [1.807, 2.05) is 26.8 Å². The van der Waals surface area contributed by atoms with Gasteiger partial charge in [0.2, 0.25) is 0 Å². The van der Waals surface area contributed by atoms with Crippen LogP contribution >= 0.6 is 0 Å². The zero-order valence-corrected chi connectivity index (χ0v) is 14.9. The number of hydrogen-bond donors (Lipinski definition) is 0. The number of carbonyl (C=O) groups excluding carboxylic acids is 1. The predicted molar refractivity (Wildman–Crippen MR) is 91.6 cm³/mol. The summed E-state index contributed by atoms with van der Waals surface area (Å²) in [4.78, 5) is 14.3. The number of rotatable bonds is 7. The van der Waals surface area contributed by atoms with Crippen LogP contribution < -0.4 is 0 Å². The molecule has 0 saturated carbocycles. The lowest BCUT2D eigenvalue weighted by Gasteiger charge is -2.31. The van der Waals surface area contributed by atoms with Gasteiger partial charge in [0.05, 0.1) is 0 Å².